The zero-order chi connectivity index (χ0) is 14.1. The maximum Gasteiger partial charge on any atom is 0.245 e. The summed E-state index contributed by atoms with van der Waals surface area (Å²) >= 11 is 0. The van der Waals surface area contributed by atoms with Crippen LogP contribution in [0.25, 0.3) is 0 Å². The number of aromatic nitrogens is 2. The first kappa shape index (κ1) is 13.1. The molecule has 0 aromatic carbocycles. The van der Waals surface area contributed by atoms with Crippen LogP contribution in [0.5, 0.6) is 0 Å². The van der Waals surface area contributed by atoms with Gasteiger partial charge >= 0.3 is 0 Å². The Labute approximate surface area is 116 Å². The van der Waals surface area contributed by atoms with Crippen molar-refractivity contribution in [3.05, 3.63) is 11.7 Å². The third kappa shape index (κ3) is 2.39. The molecule has 1 aromatic rings. The number of amides is 2. The lowest BCUT2D eigenvalue weighted by atomic mass is 10.0. The average Bonchev–Trinajstić information content (AvgIpc) is 2.82. The van der Waals surface area contributed by atoms with Crippen LogP contribution in [0.3, 0.4) is 0 Å². The maximum absolute atomic E-state index is 12.6. The number of carbonyl (C=O) groups is 2. The van der Waals surface area contributed by atoms with Gasteiger partial charge in [-0.05, 0) is 19.3 Å². The molecular weight excluding hydrogens is 260 g/mol. The first-order chi connectivity index (χ1) is 9.65. The summed E-state index contributed by atoms with van der Waals surface area (Å²) in [5.41, 5.74) is 0. The number of piperidine rings is 1. The van der Waals surface area contributed by atoms with Gasteiger partial charge in [0, 0.05) is 26.4 Å². The Morgan fingerprint density at radius 2 is 2.15 bits per heavy atom. The van der Waals surface area contributed by atoms with E-state index in [1.165, 1.54) is 0 Å². The van der Waals surface area contributed by atoms with E-state index in [1.807, 2.05) is 0 Å². The minimum atomic E-state index is -0.299. The van der Waals surface area contributed by atoms with Crippen molar-refractivity contribution in [1.82, 2.24) is 19.9 Å². The molecule has 2 aliphatic heterocycles. The van der Waals surface area contributed by atoms with Gasteiger partial charge in [-0.15, -0.1) is 0 Å². The number of nitrogens with zero attached hydrogens (tertiary/aromatic N) is 4. The highest BCUT2D eigenvalue weighted by molar-refractivity contribution is 5.90. The van der Waals surface area contributed by atoms with Crippen LogP contribution in [-0.4, -0.2) is 50.9 Å². The van der Waals surface area contributed by atoms with Gasteiger partial charge in [0.15, 0.2) is 5.82 Å². The largest absolute Gasteiger partial charge is 0.340 e. The summed E-state index contributed by atoms with van der Waals surface area (Å²) in [4.78, 5) is 32.2. The molecule has 0 saturated carbocycles. The maximum atomic E-state index is 12.6. The van der Waals surface area contributed by atoms with E-state index in [1.54, 1.807) is 16.7 Å². The highest BCUT2D eigenvalue weighted by Gasteiger charge is 2.37. The molecule has 2 aliphatic rings. The molecule has 0 radical (unpaired) electrons. The van der Waals surface area contributed by atoms with E-state index in [0.29, 0.717) is 37.8 Å². The Hall–Kier alpha value is -1.92. The fraction of sp³-hybridized carbons (Fsp3) is 0.692. The van der Waals surface area contributed by atoms with Crippen molar-refractivity contribution in [3.8, 4) is 0 Å². The van der Waals surface area contributed by atoms with Gasteiger partial charge in [-0.3, -0.25) is 9.59 Å². The quantitative estimate of drug-likeness (QED) is 0.786. The smallest absolute Gasteiger partial charge is 0.245 e. The molecule has 2 saturated heterocycles. The fourth-order valence-electron chi connectivity index (χ4n) is 2.92. The predicted molar refractivity (Wildman–Crippen MR) is 68.4 cm³/mol. The Morgan fingerprint density at radius 1 is 1.30 bits per heavy atom. The number of hydrogen-bond acceptors (Lipinski definition) is 5. The normalized spacial score (nSPS) is 23.8. The van der Waals surface area contributed by atoms with Crippen LogP contribution < -0.4 is 0 Å². The zero-order valence-electron chi connectivity index (χ0n) is 11.5. The topological polar surface area (TPSA) is 79.5 Å². The summed E-state index contributed by atoms with van der Waals surface area (Å²) in [5.74, 6) is 1.07. The zero-order valence-corrected chi connectivity index (χ0v) is 11.5. The Balaban J connectivity index is 1.78. The summed E-state index contributed by atoms with van der Waals surface area (Å²) in [6.45, 7) is 3.16. The highest BCUT2D eigenvalue weighted by atomic mass is 16.5. The molecule has 0 aliphatic carbocycles. The molecule has 20 heavy (non-hydrogen) atoms. The summed E-state index contributed by atoms with van der Waals surface area (Å²) in [6.07, 6.45) is 3.11. The Bertz CT molecular complexity index is 527. The number of carbonyl (C=O) groups excluding carboxylic acids is 2. The van der Waals surface area contributed by atoms with E-state index in [4.69, 9.17) is 4.52 Å². The molecule has 1 unspecified atom stereocenters. The minimum Gasteiger partial charge on any atom is -0.340 e. The third-order valence-electron chi connectivity index (χ3n) is 3.92. The molecule has 0 spiro atoms. The lowest BCUT2D eigenvalue weighted by Gasteiger charge is -2.34. The number of rotatable bonds is 2. The fourth-order valence-corrected chi connectivity index (χ4v) is 2.92. The molecule has 1 aromatic heterocycles. The average molecular weight is 278 g/mol. The van der Waals surface area contributed by atoms with Crippen molar-refractivity contribution >= 4 is 11.8 Å². The van der Waals surface area contributed by atoms with Gasteiger partial charge in [-0.1, -0.05) is 5.16 Å². The molecule has 2 amide bonds. The van der Waals surface area contributed by atoms with E-state index in [0.717, 1.165) is 19.3 Å². The third-order valence-corrected chi connectivity index (χ3v) is 3.92. The van der Waals surface area contributed by atoms with Gasteiger partial charge in [-0.25, -0.2) is 0 Å². The van der Waals surface area contributed by atoms with E-state index in [2.05, 4.69) is 10.1 Å². The molecule has 0 bridgehead atoms. The summed E-state index contributed by atoms with van der Waals surface area (Å²) in [5, 5.41) is 3.82. The van der Waals surface area contributed by atoms with Crippen LogP contribution >= 0.6 is 0 Å². The molecule has 7 nitrogen and oxygen atoms in total. The van der Waals surface area contributed by atoms with Crippen molar-refractivity contribution < 1.29 is 14.1 Å². The summed E-state index contributed by atoms with van der Waals surface area (Å²) in [6, 6.07) is -0.299. The van der Waals surface area contributed by atoms with Crippen molar-refractivity contribution in [3.63, 3.8) is 0 Å². The van der Waals surface area contributed by atoms with Crippen molar-refractivity contribution in [1.29, 1.82) is 0 Å². The first-order valence-electron chi connectivity index (χ1n) is 7.02. The van der Waals surface area contributed by atoms with E-state index in [9.17, 15) is 9.59 Å². The van der Waals surface area contributed by atoms with Gasteiger partial charge in [-0.2, -0.15) is 4.98 Å². The van der Waals surface area contributed by atoms with Crippen LogP contribution in [0.2, 0.25) is 0 Å². The van der Waals surface area contributed by atoms with Gasteiger partial charge < -0.3 is 14.3 Å². The van der Waals surface area contributed by atoms with Crippen molar-refractivity contribution in [2.45, 2.75) is 45.2 Å². The van der Waals surface area contributed by atoms with Gasteiger partial charge in [0.25, 0.3) is 0 Å². The molecule has 2 fully saturated rings. The molecule has 3 heterocycles. The molecule has 7 heteroatoms. The second-order valence-corrected chi connectivity index (χ2v) is 5.34. The van der Waals surface area contributed by atoms with Crippen LogP contribution in [0.1, 0.15) is 37.4 Å². The number of fused-ring (bicyclic) bond motifs is 1. The molecule has 0 N–H and O–H groups in total. The molecule has 3 rings (SSSR count). The summed E-state index contributed by atoms with van der Waals surface area (Å²) < 4.78 is 4.92. The second kappa shape index (κ2) is 5.22. The van der Waals surface area contributed by atoms with Gasteiger partial charge in [0.2, 0.25) is 17.7 Å². The standard InChI is InChI=1S/C13H18N4O3/c1-9-14-11(15-20-9)8-16-7-5-12(18)17-6-3-2-4-10(17)13(16)19/h10H,2-8H2,1H3. The molecule has 1 atom stereocenters. The molecule has 108 valence electrons. The number of aryl methyl sites for hydroxylation is 1. The number of hydrogen-bond donors (Lipinski definition) is 0. The molecular formula is C13H18N4O3. The predicted octanol–water partition coefficient (Wildman–Crippen LogP) is 0.491. The van der Waals surface area contributed by atoms with Crippen LogP contribution in [-0.2, 0) is 16.1 Å². The second-order valence-electron chi connectivity index (χ2n) is 5.34. The monoisotopic (exact) mass is 278 g/mol. The van der Waals surface area contributed by atoms with Crippen LogP contribution in [0.15, 0.2) is 4.52 Å². The van der Waals surface area contributed by atoms with Crippen molar-refractivity contribution in [2.24, 2.45) is 0 Å². The van der Waals surface area contributed by atoms with Gasteiger partial charge in [0.1, 0.15) is 6.04 Å². The highest BCUT2D eigenvalue weighted by Crippen LogP contribution is 2.23. The van der Waals surface area contributed by atoms with E-state index >= 15 is 0 Å². The lowest BCUT2D eigenvalue weighted by molar-refractivity contribution is -0.143. The van der Waals surface area contributed by atoms with E-state index < -0.39 is 0 Å². The summed E-state index contributed by atoms with van der Waals surface area (Å²) in [7, 11) is 0. The lowest BCUT2D eigenvalue weighted by Crippen LogP contribution is -2.49. The van der Waals surface area contributed by atoms with Crippen molar-refractivity contribution in [2.75, 3.05) is 13.1 Å². The van der Waals surface area contributed by atoms with Crippen LogP contribution in [0.4, 0.5) is 0 Å². The first-order valence-corrected chi connectivity index (χ1v) is 7.02. The van der Waals surface area contributed by atoms with Gasteiger partial charge in [0.05, 0.1) is 6.54 Å². The Morgan fingerprint density at radius 3 is 2.90 bits per heavy atom. The van der Waals surface area contributed by atoms with E-state index in [-0.39, 0.29) is 17.9 Å². The SMILES string of the molecule is Cc1nc(CN2CCC(=O)N3CCCCC3C2=O)no1. The Kier molecular flexibility index (Phi) is 3.42. The minimum absolute atomic E-state index is 0.0120. The van der Waals surface area contributed by atoms with Crippen LogP contribution in [0, 0.1) is 6.92 Å².